The topological polar surface area (TPSA) is 96.8 Å². The van der Waals surface area contributed by atoms with Crippen molar-refractivity contribution in [1.82, 2.24) is 30.5 Å². The van der Waals surface area contributed by atoms with Gasteiger partial charge in [0.2, 0.25) is 5.95 Å². The average Bonchev–Trinajstić information content (AvgIpc) is 2.82. The first-order valence-electron chi connectivity index (χ1n) is 7.12. The predicted octanol–water partition coefficient (Wildman–Crippen LogP) is 1.25. The van der Waals surface area contributed by atoms with Crippen LogP contribution in [0.25, 0.3) is 0 Å². The highest BCUT2D eigenvalue weighted by atomic mass is 16.2. The van der Waals surface area contributed by atoms with Crippen molar-refractivity contribution < 1.29 is 4.79 Å². The molecule has 2 rings (SSSR count). The lowest BCUT2D eigenvalue weighted by Gasteiger charge is -2.14. The average molecular weight is 303 g/mol. The van der Waals surface area contributed by atoms with Gasteiger partial charge in [-0.2, -0.15) is 5.10 Å². The maximum absolute atomic E-state index is 11.7. The Bertz CT molecular complexity index is 611. The van der Waals surface area contributed by atoms with Crippen LogP contribution in [0.4, 0.5) is 10.7 Å². The van der Waals surface area contributed by atoms with Gasteiger partial charge in [0.05, 0.1) is 5.69 Å². The second-order valence-electron chi connectivity index (χ2n) is 5.25. The molecule has 0 radical (unpaired) electrons. The monoisotopic (exact) mass is 303 g/mol. The van der Waals surface area contributed by atoms with E-state index in [2.05, 4.69) is 38.2 Å². The van der Waals surface area contributed by atoms with Crippen LogP contribution in [0.1, 0.15) is 18.3 Å². The van der Waals surface area contributed by atoms with Crippen LogP contribution in [-0.4, -0.2) is 32.3 Å². The molecule has 0 saturated carbocycles. The van der Waals surface area contributed by atoms with E-state index in [1.807, 2.05) is 24.6 Å². The highest BCUT2D eigenvalue weighted by molar-refractivity contribution is 5.74. The molecule has 118 valence electrons. The van der Waals surface area contributed by atoms with E-state index >= 15 is 0 Å². The van der Waals surface area contributed by atoms with Crippen molar-refractivity contribution in [2.45, 2.75) is 27.3 Å². The zero-order valence-electron chi connectivity index (χ0n) is 13.0. The number of hydrogen-bond donors (Lipinski definition) is 3. The van der Waals surface area contributed by atoms with Gasteiger partial charge >= 0.3 is 6.03 Å². The van der Waals surface area contributed by atoms with E-state index in [1.54, 1.807) is 18.5 Å². The van der Waals surface area contributed by atoms with Gasteiger partial charge in [-0.15, -0.1) is 0 Å². The smallest absolute Gasteiger partial charge is 0.333 e. The highest BCUT2D eigenvalue weighted by Crippen LogP contribution is 2.05. The van der Waals surface area contributed by atoms with Crippen LogP contribution >= 0.6 is 0 Å². The molecule has 0 aliphatic rings. The van der Waals surface area contributed by atoms with Crippen molar-refractivity contribution in [3.8, 4) is 0 Å². The Morgan fingerprint density at radius 1 is 1.32 bits per heavy atom. The first kappa shape index (κ1) is 15.7. The minimum Gasteiger partial charge on any atom is -0.336 e. The fourth-order valence-corrected chi connectivity index (χ4v) is 2.01. The van der Waals surface area contributed by atoms with Gasteiger partial charge < -0.3 is 5.32 Å². The summed E-state index contributed by atoms with van der Waals surface area (Å²) in [5, 5.41) is 7.20. The Kier molecular flexibility index (Phi) is 5.29. The molecule has 0 aliphatic carbocycles. The van der Waals surface area contributed by atoms with Gasteiger partial charge in [0.1, 0.15) is 0 Å². The summed E-state index contributed by atoms with van der Waals surface area (Å²) in [6.07, 6.45) is 3.18. The standard InChI is InChI=1S/C14H21N7O/c1-10(9-21-12(3)7-11(2)20-21)8-17-14(22)19-18-13-15-5-4-6-16-13/h4-7,10H,8-9H2,1-3H3,(H,15,16,18)(H2,17,19,22). The van der Waals surface area contributed by atoms with Crippen molar-refractivity contribution in [3.05, 3.63) is 35.9 Å². The van der Waals surface area contributed by atoms with E-state index in [1.165, 1.54) is 0 Å². The largest absolute Gasteiger partial charge is 0.336 e. The van der Waals surface area contributed by atoms with Gasteiger partial charge in [-0.25, -0.2) is 20.2 Å². The molecule has 2 heterocycles. The van der Waals surface area contributed by atoms with Crippen molar-refractivity contribution in [2.24, 2.45) is 5.92 Å². The molecule has 0 fully saturated rings. The number of anilines is 1. The normalized spacial score (nSPS) is 11.8. The lowest BCUT2D eigenvalue weighted by atomic mass is 10.2. The second kappa shape index (κ2) is 7.39. The van der Waals surface area contributed by atoms with Crippen LogP contribution < -0.4 is 16.2 Å². The number of carbonyl (C=O) groups is 1. The minimum absolute atomic E-state index is 0.261. The van der Waals surface area contributed by atoms with E-state index in [-0.39, 0.29) is 11.9 Å². The number of rotatable bonds is 6. The molecular weight excluding hydrogens is 282 g/mol. The van der Waals surface area contributed by atoms with E-state index in [0.717, 1.165) is 17.9 Å². The highest BCUT2D eigenvalue weighted by Gasteiger charge is 2.09. The molecule has 1 atom stereocenters. The number of nitrogens with zero attached hydrogens (tertiary/aromatic N) is 4. The summed E-state index contributed by atoms with van der Waals surface area (Å²) in [4.78, 5) is 19.6. The Morgan fingerprint density at radius 2 is 2.05 bits per heavy atom. The third-order valence-corrected chi connectivity index (χ3v) is 3.05. The number of amides is 2. The zero-order valence-corrected chi connectivity index (χ0v) is 13.0. The molecule has 2 aromatic heterocycles. The number of nitrogens with one attached hydrogen (secondary N) is 3. The number of hydrogen-bond acceptors (Lipinski definition) is 5. The van der Waals surface area contributed by atoms with Crippen LogP contribution in [0.3, 0.4) is 0 Å². The number of aryl methyl sites for hydroxylation is 2. The lowest BCUT2D eigenvalue weighted by molar-refractivity contribution is 0.240. The molecule has 0 aromatic carbocycles. The van der Waals surface area contributed by atoms with E-state index < -0.39 is 0 Å². The molecule has 0 aliphatic heterocycles. The summed E-state index contributed by atoms with van der Waals surface area (Å²) in [6.45, 7) is 7.36. The summed E-state index contributed by atoms with van der Waals surface area (Å²) in [5.41, 5.74) is 7.24. The molecule has 0 bridgehead atoms. The van der Waals surface area contributed by atoms with Gasteiger partial charge in [0, 0.05) is 31.2 Å². The Hall–Kier alpha value is -2.64. The minimum atomic E-state index is -0.326. The van der Waals surface area contributed by atoms with Gasteiger partial charge in [0.25, 0.3) is 0 Å². The Balaban J connectivity index is 1.70. The van der Waals surface area contributed by atoms with Gasteiger partial charge in [-0.1, -0.05) is 6.92 Å². The molecular formula is C14H21N7O. The first-order chi connectivity index (χ1) is 10.5. The Labute approximate surface area is 129 Å². The quantitative estimate of drug-likeness (QED) is 0.698. The molecule has 0 saturated heterocycles. The molecule has 1 unspecified atom stereocenters. The summed E-state index contributed by atoms with van der Waals surface area (Å²) in [5.74, 6) is 0.602. The van der Waals surface area contributed by atoms with Crippen LogP contribution in [0.5, 0.6) is 0 Å². The molecule has 3 N–H and O–H groups in total. The maximum Gasteiger partial charge on any atom is 0.333 e. The summed E-state index contributed by atoms with van der Waals surface area (Å²) >= 11 is 0. The van der Waals surface area contributed by atoms with Crippen molar-refractivity contribution in [3.63, 3.8) is 0 Å². The zero-order chi connectivity index (χ0) is 15.9. The van der Waals surface area contributed by atoms with Crippen LogP contribution in [0.2, 0.25) is 0 Å². The SMILES string of the molecule is Cc1cc(C)n(CC(C)CNC(=O)NNc2ncccn2)n1. The van der Waals surface area contributed by atoms with Gasteiger partial charge in [-0.05, 0) is 31.9 Å². The molecule has 8 nitrogen and oxygen atoms in total. The van der Waals surface area contributed by atoms with Crippen LogP contribution in [0, 0.1) is 19.8 Å². The predicted molar refractivity (Wildman–Crippen MR) is 83.1 cm³/mol. The lowest BCUT2D eigenvalue weighted by Crippen LogP contribution is -2.41. The van der Waals surface area contributed by atoms with Crippen molar-refractivity contribution in [2.75, 3.05) is 12.0 Å². The number of carbonyl (C=O) groups excluding carboxylic acids is 1. The van der Waals surface area contributed by atoms with E-state index in [4.69, 9.17) is 0 Å². The van der Waals surface area contributed by atoms with Crippen LogP contribution in [0.15, 0.2) is 24.5 Å². The molecule has 2 amide bonds. The Morgan fingerprint density at radius 3 is 2.68 bits per heavy atom. The number of hydrazine groups is 1. The van der Waals surface area contributed by atoms with Crippen molar-refractivity contribution >= 4 is 12.0 Å². The third kappa shape index (κ3) is 4.72. The first-order valence-corrected chi connectivity index (χ1v) is 7.12. The van der Waals surface area contributed by atoms with Gasteiger partial charge in [-0.3, -0.25) is 10.1 Å². The van der Waals surface area contributed by atoms with Crippen molar-refractivity contribution in [1.29, 1.82) is 0 Å². The summed E-state index contributed by atoms with van der Waals surface area (Å²) in [6, 6.07) is 3.41. The fraction of sp³-hybridized carbons (Fsp3) is 0.429. The molecule has 8 heteroatoms. The van der Waals surface area contributed by atoms with E-state index in [0.29, 0.717) is 12.5 Å². The fourth-order valence-electron chi connectivity index (χ4n) is 2.01. The second-order valence-corrected chi connectivity index (χ2v) is 5.25. The summed E-state index contributed by atoms with van der Waals surface area (Å²) in [7, 11) is 0. The van der Waals surface area contributed by atoms with E-state index in [9.17, 15) is 4.79 Å². The molecule has 2 aromatic rings. The number of urea groups is 1. The third-order valence-electron chi connectivity index (χ3n) is 3.05. The maximum atomic E-state index is 11.7. The summed E-state index contributed by atoms with van der Waals surface area (Å²) < 4.78 is 1.95. The van der Waals surface area contributed by atoms with Crippen LogP contribution in [-0.2, 0) is 6.54 Å². The van der Waals surface area contributed by atoms with Gasteiger partial charge in [0.15, 0.2) is 0 Å². The number of aromatic nitrogens is 4. The molecule has 22 heavy (non-hydrogen) atoms. The molecule has 0 spiro atoms.